The summed E-state index contributed by atoms with van der Waals surface area (Å²) in [7, 11) is 0. The van der Waals surface area contributed by atoms with E-state index in [1.54, 1.807) is 0 Å². The van der Waals surface area contributed by atoms with E-state index in [0.717, 1.165) is 22.0 Å². The van der Waals surface area contributed by atoms with Crippen LogP contribution in [0.5, 0.6) is 0 Å². The number of benzene rings is 1. The van der Waals surface area contributed by atoms with Crippen molar-refractivity contribution in [3.8, 4) is 0 Å². The molecule has 1 aliphatic heterocycles. The standard InChI is InChI=1S/C11H9BrO2/c12-10-3-1-8(2-4-10)7-9-5-6-14-11(9)13/h1-4,7H,5-6H2. The summed E-state index contributed by atoms with van der Waals surface area (Å²) in [6.45, 7) is 0.515. The van der Waals surface area contributed by atoms with Crippen molar-refractivity contribution in [3.63, 3.8) is 0 Å². The Bertz CT molecular complexity index is 379. The van der Waals surface area contributed by atoms with Crippen molar-refractivity contribution in [2.75, 3.05) is 6.61 Å². The van der Waals surface area contributed by atoms with Crippen LogP contribution in [0.4, 0.5) is 0 Å². The summed E-state index contributed by atoms with van der Waals surface area (Å²) in [6, 6.07) is 7.82. The van der Waals surface area contributed by atoms with E-state index in [0.29, 0.717) is 6.61 Å². The van der Waals surface area contributed by atoms with Gasteiger partial charge in [-0.05, 0) is 23.8 Å². The number of rotatable bonds is 1. The van der Waals surface area contributed by atoms with Crippen LogP contribution in [0.15, 0.2) is 34.3 Å². The molecular weight excluding hydrogens is 244 g/mol. The molecule has 1 aromatic rings. The molecular formula is C11H9BrO2. The highest BCUT2D eigenvalue weighted by Gasteiger charge is 2.17. The van der Waals surface area contributed by atoms with Gasteiger partial charge in [-0.1, -0.05) is 28.1 Å². The normalized spacial score (nSPS) is 18.6. The second-order valence-electron chi connectivity index (χ2n) is 3.11. The van der Waals surface area contributed by atoms with Gasteiger partial charge in [0.05, 0.1) is 6.61 Å². The maximum absolute atomic E-state index is 11.1. The van der Waals surface area contributed by atoms with Crippen molar-refractivity contribution in [2.45, 2.75) is 6.42 Å². The first kappa shape index (κ1) is 9.46. The number of hydrogen-bond acceptors (Lipinski definition) is 2. The van der Waals surface area contributed by atoms with Gasteiger partial charge >= 0.3 is 5.97 Å². The Morgan fingerprint density at radius 2 is 2.00 bits per heavy atom. The molecule has 3 heteroatoms. The second kappa shape index (κ2) is 3.96. The van der Waals surface area contributed by atoms with Crippen LogP contribution in [-0.4, -0.2) is 12.6 Å². The minimum absolute atomic E-state index is 0.187. The van der Waals surface area contributed by atoms with Gasteiger partial charge in [0.2, 0.25) is 0 Å². The molecule has 1 heterocycles. The number of hydrogen-bond donors (Lipinski definition) is 0. The van der Waals surface area contributed by atoms with E-state index in [2.05, 4.69) is 15.9 Å². The zero-order valence-electron chi connectivity index (χ0n) is 7.50. The van der Waals surface area contributed by atoms with E-state index < -0.39 is 0 Å². The molecule has 0 aromatic heterocycles. The second-order valence-corrected chi connectivity index (χ2v) is 4.02. The van der Waals surface area contributed by atoms with Crippen LogP contribution >= 0.6 is 15.9 Å². The van der Waals surface area contributed by atoms with E-state index in [-0.39, 0.29) is 5.97 Å². The molecule has 1 aliphatic rings. The van der Waals surface area contributed by atoms with Gasteiger partial charge in [0.15, 0.2) is 0 Å². The Hall–Kier alpha value is -1.09. The van der Waals surface area contributed by atoms with Crippen LogP contribution in [-0.2, 0) is 9.53 Å². The van der Waals surface area contributed by atoms with Crippen molar-refractivity contribution in [1.29, 1.82) is 0 Å². The summed E-state index contributed by atoms with van der Waals surface area (Å²) in [6.07, 6.45) is 2.59. The zero-order valence-corrected chi connectivity index (χ0v) is 9.08. The summed E-state index contributed by atoms with van der Waals surface area (Å²) in [5, 5.41) is 0. The van der Waals surface area contributed by atoms with E-state index in [1.807, 2.05) is 30.3 Å². The van der Waals surface area contributed by atoms with Gasteiger partial charge in [-0.25, -0.2) is 4.79 Å². The third-order valence-electron chi connectivity index (χ3n) is 2.08. The van der Waals surface area contributed by atoms with Crippen LogP contribution < -0.4 is 0 Å². The quantitative estimate of drug-likeness (QED) is 0.568. The highest BCUT2D eigenvalue weighted by molar-refractivity contribution is 9.10. The maximum Gasteiger partial charge on any atom is 0.334 e. The predicted octanol–water partition coefficient (Wildman–Crippen LogP) is 2.78. The highest BCUT2D eigenvalue weighted by Crippen LogP contribution is 2.18. The molecule has 1 saturated heterocycles. The topological polar surface area (TPSA) is 26.3 Å². The van der Waals surface area contributed by atoms with Gasteiger partial charge in [0.1, 0.15) is 0 Å². The molecule has 0 N–H and O–H groups in total. The molecule has 1 fully saturated rings. The Kier molecular flexibility index (Phi) is 2.68. The summed E-state index contributed by atoms with van der Waals surface area (Å²) < 4.78 is 5.88. The van der Waals surface area contributed by atoms with Gasteiger partial charge in [0.25, 0.3) is 0 Å². The minimum atomic E-state index is -0.187. The van der Waals surface area contributed by atoms with E-state index in [4.69, 9.17) is 4.74 Å². The molecule has 2 nitrogen and oxygen atoms in total. The van der Waals surface area contributed by atoms with Crippen LogP contribution in [0.1, 0.15) is 12.0 Å². The van der Waals surface area contributed by atoms with Crippen molar-refractivity contribution in [3.05, 3.63) is 39.9 Å². The fourth-order valence-electron chi connectivity index (χ4n) is 1.34. The van der Waals surface area contributed by atoms with Crippen molar-refractivity contribution in [1.82, 2.24) is 0 Å². The van der Waals surface area contributed by atoms with Gasteiger partial charge in [-0.2, -0.15) is 0 Å². The monoisotopic (exact) mass is 252 g/mol. The van der Waals surface area contributed by atoms with Crippen LogP contribution in [0.2, 0.25) is 0 Å². The number of cyclic esters (lactones) is 1. The average Bonchev–Trinajstić information content (AvgIpc) is 2.56. The number of esters is 1. The lowest BCUT2D eigenvalue weighted by Gasteiger charge is -1.95. The molecule has 2 rings (SSSR count). The number of halogens is 1. The van der Waals surface area contributed by atoms with E-state index in [1.165, 1.54) is 0 Å². The van der Waals surface area contributed by atoms with E-state index >= 15 is 0 Å². The van der Waals surface area contributed by atoms with Gasteiger partial charge < -0.3 is 4.74 Å². The Labute approximate surface area is 90.7 Å². The third kappa shape index (κ3) is 2.04. The van der Waals surface area contributed by atoms with Crippen LogP contribution in [0.25, 0.3) is 6.08 Å². The van der Waals surface area contributed by atoms with Gasteiger partial charge in [0, 0.05) is 16.5 Å². The first-order valence-corrected chi connectivity index (χ1v) is 5.18. The third-order valence-corrected chi connectivity index (χ3v) is 2.61. The Balaban J connectivity index is 2.24. The average molecular weight is 253 g/mol. The fraction of sp³-hybridized carbons (Fsp3) is 0.182. The zero-order chi connectivity index (χ0) is 9.97. The van der Waals surface area contributed by atoms with E-state index in [9.17, 15) is 4.79 Å². The van der Waals surface area contributed by atoms with Gasteiger partial charge in [-0.3, -0.25) is 0 Å². The molecule has 0 unspecified atom stereocenters. The minimum Gasteiger partial charge on any atom is -0.462 e. The highest BCUT2D eigenvalue weighted by atomic mass is 79.9. The molecule has 0 saturated carbocycles. The molecule has 1 aromatic carbocycles. The smallest absolute Gasteiger partial charge is 0.334 e. The summed E-state index contributed by atoms with van der Waals surface area (Å²) in [5.41, 5.74) is 1.79. The largest absolute Gasteiger partial charge is 0.462 e. The molecule has 0 radical (unpaired) electrons. The van der Waals surface area contributed by atoms with Crippen LogP contribution in [0.3, 0.4) is 0 Å². The molecule has 0 bridgehead atoms. The molecule has 0 aliphatic carbocycles. The lowest BCUT2D eigenvalue weighted by atomic mass is 10.1. The summed E-state index contributed by atoms with van der Waals surface area (Å²) >= 11 is 3.36. The first-order chi connectivity index (χ1) is 6.75. The molecule has 0 spiro atoms. The Morgan fingerprint density at radius 3 is 2.57 bits per heavy atom. The number of ether oxygens (including phenoxy) is 1. The van der Waals surface area contributed by atoms with Crippen LogP contribution in [0, 0.1) is 0 Å². The number of carbonyl (C=O) groups excluding carboxylic acids is 1. The molecule has 0 atom stereocenters. The van der Waals surface area contributed by atoms with Crippen molar-refractivity contribution in [2.24, 2.45) is 0 Å². The number of carbonyl (C=O) groups is 1. The Morgan fingerprint density at radius 1 is 1.29 bits per heavy atom. The predicted molar refractivity (Wildman–Crippen MR) is 57.7 cm³/mol. The fourth-order valence-corrected chi connectivity index (χ4v) is 1.60. The lowest BCUT2D eigenvalue weighted by Crippen LogP contribution is -1.94. The summed E-state index contributed by atoms with van der Waals surface area (Å²) in [5.74, 6) is -0.187. The molecule has 0 amide bonds. The van der Waals surface area contributed by atoms with Crippen molar-refractivity contribution < 1.29 is 9.53 Å². The first-order valence-electron chi connectivity index (χ1n) is 4.39. The lowest BCUT2D eigenvalue weighted by molar-refractivity contribution is -0.134. The molecule has 14 heavy (non-hydrogen) atoms. The summed E-state index contributed by atoms with van der Waals surface area (Å²) in [4.78, 5) is 11.1. The van der Waals surface area contributed by atoms with Gasteiger partial charge in [-0.15, -0.1) is 0 Å². The molecule has 72 valence electrons. The SMILES string of the molecule is O=C1OCCC1=Cc1ccc(Br)cc1. The van der Waals surface area contributed by atoms with Crippen molar-refractivity contribution >= 4 is 28.0 Å². The maximum atomic E-state index is 11.1.